The first kappa shape index (κ1) is 20.3. The van der Waals surface area contributed by atoms with Crippen LogP contribution in [0.3, 0.4) is 0 Å². The van der Waals surface area contributed by atoms with Gasteiger partial charge < -0.3 is 19.1 Å². The Bertz CT molecular complexity index is 863. The molecule has 0 amide bonds. The molecule has 2 bridgehead atoms. The van der Waals surface area contributed by atoms with E-state index in [2.05, 4.69) is 37.9 Å². The summed E-state index contributed by atoms with van der Waals surface area (Å²) in [6.07, 6.45) is 5.08. The number of likely N-dealkylation sites (N-methyl/N-ethyl adjacent to an activating group) is 1. The third-order valence-corrected chi connectivity index (χ3v) is 8.94. The molecule has 5 nitrogen and oxygen atoms in total. The van der Waals surface area contributed by atoms with Gasteiger partial charge in [0.2, 0.25) is 0 Å². The molecule has 1 spiro atoms. The minimum absolute atomic E-state index is 0.0936. The summed E-state index contributed by atoms with van der Waals surface area (Å²) in [7, 11) is 5.75. The smallest absolute Gasteiger partial charge is 0.165 e. The van der Waals surface area contributed by atoms with Gasteiger partial charge in [-0.2, -0.15) is 0 Å². The van der Waals surface area contributed by atoms with Crippen molar-refractivity contribution >= 4 is 5.78 Å². The van der Waals surface area contributed by atoms with Gasteiger partial charge in [0, 0.05) is 30.6 Å². The molecule has 5 heteroatoms. The summed E-state index contributed by atoms with van der Waals surface area (Å²) in [5, 5.41) is 0. The van der Waals surface area contributed by atoms with Crippen LogP contribution in [0.4, 0.5) is 0 Å². The van der Waals surface area contributed by atoms with E-state index >= 15 is 0 Å². The number of benzene rings is 1. The van der Waals surface area contributed by atoms with Crippen LogP contribution in [0.1, 0.15) is 57.1 Å². The second-order valence-electron chi connectivity index (χ2n) is 9.80. The second kappa shape index (κ2) is 6.96. The monoisotopic (exact) mass is 413 g/mol. The fraction of sp³-hybridized carbons (Fsp3) is 0.720. The van der Waals surface area contributed by atoms with Gasteiger partial charge in [-0.3, -0.25) is 4.79 Å². The molecule has 6 atom stereocenters. The minimum atomic E-state index is -0.595. The maximum Gasteiger partial charge on any atom is 0.165 e. The van der Waals surface area contributed by atoms with E-state index in [1.54, 1.807) is 14.2 Å². The Morgan fingerprint density at radius 1 is 1.30 bits per heavy atom. The van der Waals surface area contributed by atoms with E-state index in [1.165, 1.54) is 11.1 Å². The SMILES string of the molecule is CCCC(=O)C1CC2[C@H]3Cc4ccc(OC)c5c4[C@@]2(CCN3C)[C@@H](O5)[C@]1(CC)OC. The summed E-state index contributed by atoms with van der Waals surface area (Å²) >= 11 is 0. The summed E-state index contributed by atoms with van der Waals surface area (Å²) in [5.41, 5.74) is 2.06. The lowest BCUT2D eigenvalue weighted by Crippen LogP contribution is -2.73. The fourth-order valence-corrected chi connectivity index (χ4v) is 7.63. The first-order valence-corrected chi connectivity index (χ1v) is 11.6. The van der Waals surface area contributed by atoms with Crippen molar-refractivity contribution in [3.63, 3.8) is 0 Å². The lowest BCUT2D eigenvalue weighted by Gasteiger charge is -2.63. The highest BCUT2D eigenvalue weighted by molar-refractivity contribution is 5.83. The Kier molecular flexibility index (Phi) is 4.71. The average molecular weight is 414 g/mol. The van der Waals surface area contributed by atoms with E-state index in [-0.39, 0.29) is 17.4 Å². The number of methoxy groups -OCH3 is 2. The van der Waals surface area contributed by atoms with Crippen molar-refractivity contribution in [3.05, 3.63) is 23.3 Å². The Hall–Kier alpha value is -1.59. The quantitative estimate of drug-likeness (QED) is 0.711. The lowest BCUT2D eigenvalue weighted by atomic mass is 9.46. The zero-order valence-electron chi connectivity index (χ0n) is 19.0. The highest BCUT2D eigenvalue weighted by atomic mass is 16.6. The summed E-state index contributed by atoms with van der Waals surface area (Å²) in [4.78, 5) is 15.9. The molecule has 1 saturated heterocycles. The van der Waals surface area contributed by atoms with Crippen molar-refractivity contribution in [1.29, 1.82) is 0 Å². The topological polar surface area (TPSA) is 48.0 Å². The van der Waals surface area contributed by atoms with Crippen molar-refractivity contribution in [2.24, 2.45) is 11.8 Å². The standard InChI is InChI=1S/C25H35NO4/c1-6-8-19(27)17-14-16-18-13-15-9-10-20(28-4)22-21(15)24(16,11-12-26(18)3)23(30-22)25(17,7-2)29-5/h9-10,16-18,23H,6-8,11-14H2,1-5H3/t16?,17?,18-,23-,24+,25-/m1/s1. The van der Waals surface area contributed by atoms with Crippen molar-refractivity contribution < 1.29 is 19.0 Å². The first-order valence-electron chi connectivity index (χ1n) is 11.6. The van der Waals surface area contributed by atoms with Crippen molar-refractivity contribution in [1.82, 2.24) is 4.90 Å². The third-order valence-electron chi connectivity index (χ3n) is 8.94. The van der Waals surface area contributed by atoms with E-state index in [0.717, 1.165) is 50.1 Å². The lowest BCUT2D eigenvalue weighted by molar-refractivity contribution is -0.204. The zero-order chi connectivity index (χ0) is 21.3. The van der Waals surface area contributed by atoms with Crippen molar-refractivity contribution in [2.75, 3.05) is 27.8 Å². The van der Waals surface area contributed by atoms with Crippen LogP contribution in [-0.4, -0.2) is 56.2 Å². The molecule has 0 radical (unpaired) electrons. The van der Waals surface area contributed by atoms with Crippen LogP contribution in [-0.2, 0) is 21.4 Å². The predicted octanol–water partition coefficient (Wildman–Crippen LogP) is 3.75. The van der Waals surface area contributed by atoms with Crippen LogP contribution in [0.25, 0.3) is 0 Å². The Labute approximate surface area is 180 Å². The molecule has 2 unspecified atom stereocenters. The molecular formula is C25H35NO4. The Morgan fingerprint density at radius 3 is 2.77 bits per heavy atom. The van der Waals surface area contributed by atoms with Crippen LogP contribution < -0.4 is 9.47 Å². The Morgan fingerprint density at radius 2 is 2.10 bits per heavy atom. The third kappa shape index (κ3) is 2.28. The number of hydrogen-bond acceptors (Lipinski definition) is 5. The summed E-state index contributed by atoms with van der Waals surface area (Å²) in [5.74, 6) is 2.35. The maximum atomic E-state index is 13.4. The molecule has 0 aromatic heterocycles. The van der Waals surface area contributed by atoms with Crippen LogP contribution in [0.2, 0.25) is 0 Å². The molecule has 5 rings (SSSR count). The number of carbonyl (C=O) groups is 1. The van der Waals surface area contributed by atoms with Gasteiger partial charge in [-0.15, -0.1) is 0 Å². The molecule has 1 saturated carbocycles. The molecule has 1 aromatic rings. The number of ether oxygens (including phenoxy) is 3. The molecule has 0 N–H and O–H groups in total. The van der Waals surface area contributed by atoms with Gasteiger partial charge in [-0.05, 0) is 63.2 Å². The number of rotatable bonds is 6. The zero-order valence-corrected chi connectivity index (χ0v) is 19.0. The van der Waals surface area contributed by atoms with Crippen LogP contribution >= 0.6 is 0 Å². The van der Waals surface area contributed by atoms with Crippen molar-refractivity contribution in [3.8, 4) is 11.5 Å². The molecule has 4 aliphatic rings. The number of Topliss-reactive ketones (excluding diaryl/α,β-unsaturated/α-hetero) is 1. The van der Waals surface area contributed by atoms with E-state index in [4.69, 9.17) is 14.2 Å². The number of ketones is 1. The van der Waals surface area contributed by atoms with Gasteiger partial charge in [0.1, 0.15) is 17.5 Å². The van der Waals surface area contributed by atoms with E-state index in [9.17, 15) is 4.79 Å². The Balaban J connectivity index is 1.75. The van der Waals surface area contributed by atoms with Gasteiger partial charge in [-0.1, -0.05) is 19.9 Å². The van der Waals surface area contributed by atoms with E-state index < -0.39 is 5.60 Å². The van der Waals surface area contributed by atoms with Crippen LogP contribution in [0, 0.1) is 11.8 Å². The largest absolute Gasteiger partial charge is 0.493 e. The average Bonchev–Trinajstić information content (AvgIpc) is 3.11. The first-order chi connectivity index (χ1) is 14.5. The number of nitrogens with zero attached hydrogens (tertiary/aromatic N) is 1. The molecular weight excluding hydrogens is 378 g/mol. The summed E-state index contributed by atoms with van der Waals surface area (Å²) in [6, 6.07) is 4.74. The fourth-order valence-electron chi connectivity index (χ4n) is 7.63. The minimum Gasteiger partial charge on any atom is -0.493 e. The van der Waals surface area contributed by atoms with Crippen molar-refractivity contribution in [2.45, 2.75) is 75.5 Å². The van der Waals surface area contributed by atoms with E-state index in [1.807, 2.05) is 0 Å². The van der Waals surface area contributed by atoms with Gasteiger partial charge in [-0.25, -0.2) is 0 Å². The summed E-state index contributed by atoms with van der Waals surface area (Å²) < 4.78 is 19.0. The molecule has 30 heavy (non-hydrogen) atoms. The molecule has 2 aliphatic carbocycles. The summed E-state index contributed by atoms with van der Waals surface area (Å²) in [6.45, 7) is 5.30. The molecule has 164 valence electrons. The second-order valence-corrected chi connectivity index (χ2v) is 9.80. The molecule has 2 heterocycles. The highest BCUT2D eigenvalue weighted by Crippen LogP contribution is 2.67. The predicted molar refractivity (Wildman–Crippen MR) is 115 cm³/mol. The number of piperidine rings is 1. The number of hydrogen-bond donors (Lipinski definition) is 0. The number of carbonyl (C=O) groups excluding carboxylic acids is 1. The van der Waals surface area contributed by atoms with Gasteiger partial charge in [0.15, 0.2) is 11.5 Å². The maximum absolute atomic E-state index is 13.4. The van der Waals surface area contributed by atoms with Crippen LogP contribution in [0.5, 0.6) is 11.5 Å². The van der Waals surface area contributed by atoms with E-state index in [0.29, 0.717) is 24.2 Å². The number of likely N-dealkylation sites (tertiary alicyclic amines) is 1. The van der Waals surface area contributed by atoms with Gasteiger partial charge in [0.25, 0.3) is 0 Å². The molecule has 2 fully saturated rings. The van der Waals surface area contributed by atoms with Gasteiger partial charge in [0.05, 0.1) is 13.0 Å². The highest BCUT2D eigenvalue weighted by Gasteiger charge is 2.72. The molecule has 2 aliphatic heterocycles. The molecule has 1 aromatic carbocycles. The van der Waals surface area contributed by atoms with Crippen LogP contribution in [0.15, 0.2) is 12.1 Å². The van der Waals surface area contributed by atoms with Gasteiger partial charge >= 0.3 is 0 Å². The normalized spacial score (nSPS) is 38.7.